The van der Waals surface area contributed by atoms with Crippen molar-refractivity contribution in [1.82, 2.24) is 0 Å². The number of benzene rings is 2. The number of allylic oxidation sites excluding steroid dienone is 1. The third-order valence-electron chi connectivity index (χ3n) is 3.51. The van der Waals surface area contributed by atoms with Gasteiger partial charge in [0.1, 0.15) is 5.75 Å². The lowest BCUT2D eigenvalue weighted by Crippen LogP contribution is -2.16. The van der Waals surface area contributed by atoms with Crippen molar-refractivity contribution in [3.05, 3.63) is 71.3 Å². The van der Waals surface area contributed by atoms with Gasteiger partial charge in [0.25, 0.3) is 0 Å². The second kappa shape index (κ2) is 7.77. The Morgan fingerprint density at radius 2 is 1.54 bits per heavy atom. The fourth-order valence-corrected chi connectivity index (χ4v) is 2.45. The monoisotopic (exact) mass is 362 g/mol. The van der Waals surface area contributed by atoms with Gasteiger partial charge in [-0.2, -0.15) is 0 Å². The summed E-state index contributed by atoms with van der Waals surface area (Å²) in [6.07, 6.45) is -0.836. The molecule has 0 N–H and O–H groups in total. The summed E-state index contributed by atoms with van der Waals surface area (Å²) in [4.78, 5) is 12.2. The molecule has 2 nitrogen and oxygen atoms in total. The van der Waals surface area contributed by atoms with Crippen molar-refractivity contribution < 1.29 is 22.7 Å². The maximum atomic E-state index is 12.2. The second-order valence-electron chi connectivity index (χ2n) is 7.25. The minimum Gasteiger partial charge on any atom is -0.406 e. The summed E-state index contributed by atoms with van der Waals surface area (Å²) in [7, 11) is 0. The third kappa shape index (κ3) is 6.75. The minimum absolute atomic E-state index is 0.164. The Morgan fingerprint density at radius 1 is 0.962 bits per heavy atom. The number of carbonyl (C=O) groups excluding carboxylic acids is 1. The van der Waals surface area contributed by atoms with Gasteiger partial charge in [-0.15, -0.1) is 13.2 Å². The lowest BCUT2D eigenvalue weighted by molar-refractivity contribution is -0.274. The Labute approximate surface area is 151 Å². The highest BCUT2D eigenvalue weighted by Crippen LogP contribution is 2.23. The van der Waals surface area contributed by atoms with Crippen molar-refractivity contribution in [3.63, 3.8) is 0 Å². The van der Waals surface area contributed by atoms with Gasteiger partial charge in [-0.05, 0) is 41.2 Å². The van der Waals surface area contributed by atoms with Crippen LogP contribution in [-0.4, -0.2) is 12.1 Å². The van der Waals surface area contributed by atoms with Crippen LogP contribution in [0.2, 0.25) is 0 Å². The second-order valence-corrected chi connectivity index (χ2v) is 7.25. The quantitative estimate of drug-likeness (QED) is 0.477. The highest BCUT2D eigenvalue weighted by atomic mass is 19.4. The first-order chi connectivity index (χ1) is 12.0. The van der Waals surface area contributed by atoms with E-state index in [1.54, 1.807) is 18.2 Å². The van der Waals surface area contributed by atoms with E-state index in [1.165, 1.54) is 35.9 Å². The summed E-state index contributed by atoms with van der Waals surface area (Å²) in [5.41, 5.74) is 2.51. The van der Waals surface area contributed by atoms with Gasteiger partial charge in [-0.3, -0.25) is 4.79 Å². The molecule has 2 rings (SSSR count). The Bertz CT molecular complexity index is 765. The number of ketones is 1. The lowest BCUT2D eigenvalue weighted by atomic mass is 9.88. The predicted octanol–water partition coefficient (Wildman–Crippen LogP) is 6.07. The Morgan fingerprint density at radius 3 is 2.04 bits per heavy atom. The highest BCUT2D eigenvalue weighted by Gasteiger charge is 2.30. The van der Waals surface area contributed by atoms with Crippen LogP contribution in [0.25, 0.3) is 6.08 Å². The fraction of sp³-hybridized carbons (Fsp3) is 0.286. The van der Waals surface area contributed by atoms with E-state index in [1.807, 2.05) is 12.1 Å². The molecular formula is C21H21F3O2. The number of rotatable bonds is 5. The average Bonchev–Trinajstić information content (AvgIpc) is 2.51. The molecule has 26 heavy (non-hydrogen) atoms. The number of hydrogen-bond donors (Lipinski definition) is 0. The predicted molar refractivity (Wildman–Crippen MR) is 96.1 cm³/mol. The largest absolute Gasteiger partial charge is 0.573 e. The number of halogens is 3. The summed E-state index contributed by atoms with van der Waals surface area (Å²) < 4.78 is 40.2. The molecule has 0 aliphatic heterocycles. The molecular weight excluding hydrogens is 341 g/mol. The zero-order valence-corrected chi connectivity index (χ0v) is 14.9. The molecule has 0 atom stereocenters. The number of carbonyl (C=O) groups is 1. The number of hydrogen-bond acceptors (Lipinski definition) is 2. The molecule has 0 unspecified atom stereocenters. The first-order valence-electron chi connectivity index (χ1n) is 8.19. The fourth-order valence-electron chi connectivity index (χ4n) is 2.45. The summed E-state index contributed by atoms with van der Waals surface area (Å²) in [5, 5.41) is 0. The van der Waals surface area contributed by atoms with Crippen LogP contribution in [0.4, 0.5) is 13.2 Å². The van der Waals surface area contributed by atoms with E-state index in [0.717, 1.165) is 6.42 Å². The number of ether oxygens (including phenoxy) is 1. The molecule has 0 heterocycles. The minimum atomic E-state index is -4.72. The molecule has 138 valence electrons. The Hall–Kier alpha value is -2.56. The van der Waals surface area contributed by atoms with Crippen LogP contribution in [0.1, 0.15) is 42.3 Å². The lowest BCUT2D eigenvalue weighted by Gasteiger charge is -2.18. The maximum Gasteiger partial charge on any atom is 0.573 e. The van der Waals surface area contributed by atoms with E-state index < -0.39 is 6.36 Å². The Balaban J connectivity index is 2.00. The summed E-state index contributed by atoms with van der Waals surface area (Å²) in [6.45, 7) is 6.46. The maximum absolute atomic E-state index is 12.2. The van der Waals surface area contributed by atoms with Crippen LogP contribution in [0.5, 0.6) is 5.75 Å². The smallest absolute Gasteiger partial charge is 0.406 e. The van der Waals surface area contributed by atoms with Crippen molar-refractivity contribution in [2.24, 2.45) is 5.41 Å². The van der Waals surface area contributed by atoms with Crippen LogP contribution in [-0.2, 0) is 6.42 Å². The van der Waals surface area contributed by atoms with Gasteiger partial charge < -0.3 is 4.74 Å². The van der Waals surface area contributed by atoms with E-state index in [9.17, 15) is 18.0 Å². The summed E-state index contributed by atoms with van der Waals surface area (Å²) >= 11 is 0. The topological polar surface area (TPSA) is 26.3 Å². The van der Waals surface area contributed by atoms with Crippen molar-refractivity contribution in [3.8, 4) is 5.75 Å². The van der Waals surface area contributed by atoms with Gasteiger partial charge in [0, 0.05) is 5.56 Å². The molecule has 0 amide bonds. The molecule has 0 aliphatic rings. The van der Waals surface area contributed by atoms with Gasteiger partial charge in [0.05, 0.1) is 0 Å². The first kappa shape index (κ1) is 19.8. The van der Waals surface area contributed by atoms with Crippen LogP contribution >= 0.6 is 0 Å². The molecule has 5 heteroatoms. The van der Waals surface area contributed by atoms with Gasteiger partial charge in [-0.1, -0.05) is 63.2 Å². The molecule has 0 saturated carbocycles. The standard InChI is InChI=1S/C21H21F3O2/c1-20(2,3)14-16-4-9-17(10-5-16)19(25)13-8-15-6-11-18(12-7-15)26-21(22,23)24/h4-13H,14H2,1-3H3. The molecule has 0 spiro atoms. The molecule has 0 radical (unpaired) electrons. The van der Waals surface area contributed by atoms with Gasteiger partial charge in [0.2, 0.25) is 0 Å². The van der Waals surface area contributed by atoms with Gasteiger partial charge in [0.15, 0.2) is 5.78 Å². The molecule has 0 aromatic heterocycles. The zero-order chi connectivity index (χ0) is 19.4. The zero-order valence-electron chi connectivity index (χ0n) is 14.9. The van der Waals surface area contributed by atoms with Crippen molar-refractivity contribution in [1.29, 1.82) is 0 Å². The van der Waals surface area contributed by atoms with E-state index in [4.69, 9.17) is 0 Å². The van der Waals surface area contributed by atoms with Crippen LogP contribution in [0.3, 0.4) is 0 Å². The third-order valence-corrected chi connectivity index (χ3v) is 3.51. The molecule has 0 saturated heterocycles. The van der Waals surface area contributed by atoms with E-state index in [0.29, 0.717) is 11.1 Å². The van der Waals surface area contributed by atoms with Crippen LogP contribution in [0.15, 0.2) is 54.6 Å². The highest BCUT2D eigenvalue weighted by molar-refractivity contribution is 6.06. The normalized spacial score (nSPS) is 12.4. The Kier molecular flexibility index (Phi) is 5.90. The molecule has 0 bridgehead atoms. The molecule has 0 fully saturated rings. The molecule has 2 aromatic carbocycles. The van der Waals surface area contributed by atoms with E-state index in [2.05, 4.69) is 25.5 Å². The van der Waals surface area contributed by atoms with Gasteiger partial charge in [-0.25, -0.2) is 0 Å². The first-order valence-corrected chi connectivity index (χ1v) is 8.19. The van der Waals surface area contributed by atoms with Crippen molar-refractivity contribution in [2.45, 2.75) is 33.6 Å². The van der Waals surface area contributed by atoms with Gasteiger partial charge >= 0.3 is 6.36 Å². The average molecular weight is 362 g/mol. The van der Waals surface area contributed by atoms with Crippen LogP contribution < -0.4 is 4.74 Å². The van der Waals surface area contributed by atoms with Crippen molar-refractivity contribution in [2.75, 3.05) is 0 Å². The number of alkyl halides is 3. The SMILES string of the molecule is CC(C)(C)Cc1ccc(C(=O)C=Cc2ccc(OC(F)(F)F)cc2)cc1. The van der Waals surface area contributed by atoms with Crippen molar-refractivity contribution >= 4 is 11.9 Å². The van der Waals surface area contributed by atoms with E-state index in [-0.39, 0.29) is 16.9 Å². The summed E-state index contributed by atoms with van der Waals surface area (Å²) in [6, 6.07) is 12.8. The summed E-state index contributed by atoms with van der Waals surface area (Å²) in [5.74, 6) is -0.460. The van der Waals surface area contributed by atoms with E-state index >= 15 is 0 Å². The molecule has 0 aliphatic carbocycles. The van der Waals surface area contributed by atoms with Crippen LogP contribution in [0, 0.1) is 5.41 Å². The molecule has 2 aromatic rings.